The SMILES string of the molecule is C[SiH](C)O[Si](O[SiH](C)C)(O[SiH](C)C)O[PH](=O)O. The van der Waals surface area contributed by atoms with Gasteiger partial charge in [0, 0.05) is 0 Å². The first kappa shape index (κ1) is 17.9. The Bertz CT molecular complexity index is 224. The van der Waals surface area contributed by atoms with E-state index in [4.69, 9.17) is 21.5 Å². The number of hydrogen-bond acceptors (Lipinski definition) is 5. The molecule has 0 aliphatic rings. The van der Waals surface area contributed by atoms with Crippen molar-refractivity contribution in [3.8, 4) is 0 Å². The molecule has 0 spiro atoms. The van der Waals surface area contributed by atoms with Crippen LogP contribution < -0.4 is 0 Å². The van der Waals surface area contributed by atoms with E-state index in [1.165, 1.54) is 0 Å². The highest BCUT2D eigenvalue weighted by Gasteiger charge is 2.48. The van der Waals surface area contributed by atoms with E-state index < -0.39 is 44.4 Å². The Labute approximate surface area is 110 Å². The highest BCUT2D eigenvalue weighted by Crippen LogP contribution is 2.27. The van der Waals surface area contributed by atoms with Crippen molar-refractivity contribution in [1.29, 1.82) is 0 Å². The summed E-state index contributed by atoms with van der Waals surface area (Å²) < 4.78 is 33.2. The van der Waals surface area contributed by atoms with Gasteiger partial charge in [0.05, 0.1) is 0 Å². The minimum atomic E-state index is -3.38. The zero-order valence-corrected chi connectivity index (χ0v) is 16.7. The van der Waals surface area contributed by atoms with Crippen molar-refractivity contribution in [2.75, 3.05) is 0 Å². The molecule has 1 atom stereocenters. The fourth-order valence-corrected chi connectivity index (χ4v) is 13.0. The van der Waals surface area contributed by atoms with E-state index in [2.05, 4.69) is 0 Å². The van der Waals surface area contributed by atoms with Gasteiger partial charge in [0.1, 0.15) is 0 Å². The monoisotopic (exact) mass is 334 g/mol. The zero-order chi connectivity index (χ0) is 13.6. The van der Waals surface area contributed by atoms with Crippen LogP contribution in [0.15, 0.2) is 0 Å². The lowest BCUT2D eigenvalue weighted by atomic mass is 11.9. The Balaban J connectivity index is 4.96. The molecule has 0 aromatic rings. The van der Waals surface area contributed by atoms with E-state index >= 15 is 0 Å². The summed E-state index contributed by atoms with van der Waals surface area (Å²) in [6.45, 7) is 11.7. The Hall–Kier alpha value is 0.898. The van der Waals surface area contributed by atoms with Crippen LogP contribution in [0.25, 0.3) is 0 Å². The van der Waals surface area contributed by atoms with E-state index in [0.717, 1.165) is 0 Å². The van der Waals surface area contributed by atoms with Crippen LogP contribution in [-0.4, -0.2) is 41.1 Å². The first-order chi connectivity index (χ1) is 7.67. The molecule has 0 aliphatic heterocycles. The van der Waals surface area contributed by atoms with Gasteiger partial charge in [-0.15, -0.1) is 0 Å². The lowest BCUT2D eigenvalue weighted by molar-refractivity contribution is 0.160. The number of hydrogen-bond donors (Lipinski definition) is 1. The third-order valence-electron chi connectivity index (χ3n) is 1.35. The first-order valence-corrected chi connectivity index (χ1v) is 16.9. The predicted octanol–water partition coefficient (Wildman–Crippen LogP) is 0.821. The predicted molar refractivity (Wildman–Crippen MR) is 77.9 cm³/mol. The number of rotatable bonds is 8. The molecule has 0 saturated carbocycles. The molecule has 0 bridgehead atoms. The van der Waals surface area contributed by atoms with Crippen molar-refractivity contribution in [3.63, 3.8) is 0 Å². The van der Waals surface area contributed by atoms with Crippen LogP contribution in [0.1, 0.15) is 0 Å². The van der Waals surface area contributed by atoms with Gasteiger partial charge >= 0.3 is 17.3 Å². The maximum atomic E-state index is 11.0. The summed E-state index contributed by atoms with van der Waals surface area (Å²) in [5.74, 6) is 0. The van der Waals surface area contributed by atoms with Crippen LogP contribution in [-0.2, 0) is 21.1 Å². The molecule has 0 amide bonds. The zero-order valence-electron chi connectivity index (χ0n) is 11.2. The Morgan fingerprint density at radius 2 is 1.18 bits per heavy atom. The fourth-order valence-electron chi connectivity index (χ4n) is 1.13. The lowest BCUT2D eigenvalue weighted by Gasteiger charge is -2.32. The molecule has 0 fully saturated rings. The van der Waals surface area contributed by atoms with E-state index in [9.17, 15) is 4.57 Å². The van der Waals surface area contributed by atoms with Gasteiger partial charge in [-0.05, 0) is 39.3 Å². The molecular weight excluding hydrogens is 311 g/mol. The molecule has 1 N–H and O–H groups in total. The smallest absolute Gasteiger partial charge is 0.398 e. The molecule has 0 radical (unpaired) electrons. The van der Waals surface area contributed by atoms with Gasteiger partial charge < -0.3 is 17.2 Å². The second kappa shape index (κ2) is 8.15. The Morgan fingerprint density at radius 1 is 0.882 bits per heavy atom. The molecule has 0 rings (SSSR count). The summed E-state index contributed by atoms with van der Waals surface area (Å²) in [6, 6.07) is 0. The normalized spacial score (nSPS) is 14.9. The standard InChI is InChI=1S/C6H23O6PSi4/c1-14(2)10-17(9-13(7)8,11-15(3)4)12-16(5)6/h13-16H,1-6H3,(H,7,8). The van der Waals surface area contributed by atoms with Crippen LogP contribution in [0, 0.1) is 0 Å². The van der Waals surface area contributed by atoms with Gasteiger partial charge in [0.15, 0.2) is 27.1 Å². The molecule has 17 heavy (non-hydrogen) atoms. The molecular formula is C6H23O6PSi4. The van der Waals surface area contributed by atoms with Crippen molar-refractivity contribution in [3.05, 3.63) is 0 Å². The third kappa shape index (κ3) is 8.59. The maximum Gasteiger partial charge on any atom is 0.653 e. The fraction of sp³-hybridized carbons (Fsp3) is 1.00. The van der Waals surface area contributed by atoms with Crippen molar-refractivity contribution >= 4 is 44.4 Å². The molecule has 6 nitrogen and oxygen atoms in total. The molecule has 0 aliphatic carbocycles. The van der Waals surface area contributed by atoms with Crippen LogP contribution in [0.3, 0.4) is 0 Å². The summed E-state index contributed by atoms with van der Waals surface area (Å²) in [6.07, 6.45) is 0. The third-order valence-corrected chi connectivity index (χ3v) is 12.2. The van der Waals surface area contributed by atoms with Crippen molar-refractivity contribution < 1.29 is 26.0 Å². The molecule has 0 aromatic carbocycles. The van der Waals surface area contributed by atoms with E-state index in [-0.39, 0.29) is 0 Å². The summed E-state index contributed by atoms with van der Waals surface area (Å²) in [5.41, 5.74) is 0. The Kier molecular flexibility index (Phi) is 8.58. The van der Waals surface area contributed by atoms with Gasteiger partial charge in [0.2, 0.25) is 0 Å². The highest BCUT2D eigenvalue weighted by molar-refractivity contribution is 7.34. The van der Waals surface area contributed by atoms with E-state index in [1.807, 2.05) is 39.3 Å². The second-order valence-corrected chi connectivity index (χ2v) is 15.8. The highest BCUT2D eigenvalue weighted by atomic mass is 31.1. The van der Waals surface area contributed by atoms with Crippen LogP contribution >= 0.6 is 8.25 Å². The van der Waals surface area contributed by atoms with Crippen molar-refractivity contribution in [1.82, 2.24) is 0 Å². The summed E-state index contributed by atoms with van der Waals surface area (Å²) in [4.78, 5) is 8.99. The molecule has 0 aromatic heterocycles. The molecule has 0 heterocycles. The quantitative estimate of drug-likeness (QED) is 0.523. The van der Waals surface area contributed by atoms with Gasteiger partial charge in [0.25, 0.3) is 0 Å². The van der Waals surface area contributed by atoms with Gasteiger partial charge in [-0.2, -0.15) is 0 Å². The van der Waals surface area contributed by atoms with E-state index in [1.54, 1.807) is 0 Å². The molecule has 1 unspecified atom stereocenters. The molecule has 0 saturated heterocycles. The van der Waals surface area contributed by atoms with Gasteiger partial charge in [-0.1, -0.05) is 0 Å². The first-order valence-electron chi connectivity index (χ1n) is 5.62. The second-order valence-electron chi connectivity index (χ2n) is 4.37. The topological polar surface area (TPSA) is 74.2 Å². The van der Waals surface area contributed by atoms with Gasteiger partial charge in [-0.25, -0.2) is 0 Å². The van der Waals surface area contributed by atoms with Crippen LogP contribution in [0.5, 0.6) is 0 Å². The van der Waals surface area contributed by atoms with Crippen LogP contribution in [0.2, 0.25) is 39.3 Å². The molecule has 104 valence electrons. The Morgan fingerprint density at radius 3 is 1.35 bits per heavy atom. The maximum absolute atomic E-state index is 11.0. The largest absolute Gasteiger partial charge is 0.653 e. The van der Waals surface area contributed by atoms with Crippen LogP contribution in [0.4, 0.5) is 0 Å². The van der Waals surface area contributed by atoms with Gasteiger partial charge in [-0.3, -0.25) is 8.78 Å². The summed E-state index contributed by atoms with van der Waals surface area (Å²) in [7, 11) is -10.9. The lowest BCUT2D eigenvalue weighted by Crippen LogP contribution is -2.54. The van der Waals surface area contributed by atoms with E-state index in [0.29, 0.717) is 0 Å². The van der Waals surface area contributed by atoms with Crippen molar-refractivity contribution in [2.24, 2.45) is 0 Å². The summed E-state index contributed by atoms with van der Waals surface area (Å²) in [5, 5.41) is 0. The minimum absolute atomic E-state index is 1.47. The molecule has 11 heteroatoms. The average molecular weight is 335 g/mol. The summed E-state index contributed by atoms with van der Waals surface area (Å²) >= 11 is 0. The van der Waals surface area contributed by atoms with Crippen molar-refractivity contribution in [2.45, 2.75) is 39.3 Å². The minimum Gasteiger partial charge on any atom is -0.398 e. The average Bonchev–Trinajstić information content (AvgIpc) is 1.95.